The molecule has 1 heterocycles. The maximum atomic E-state index is 12.6. The number of aliphatic imine (C=N–C) groups is 1. The van der Waals surface area contributed by atoms with E-state index in [1.54, 1.807) is 0 Å². The van der Waals surface area contributed by atoms with Crippen molar-refractivity contribution < 1.29 is 21.6 Å². The lowest BCUT2D eigenvalue weighted by Gasteiger charge is -2.32. The highest BCUT2D eigenvalue weighted by Gasteiger charge is 2.50. The van der Waals surface area contributed by atoms with Crippen LogP contribution in [0.15, 0.2) is 4.99 Å². The van der Waals surface area contributed by atoms with Crippen LogP contribution < -0.4 is 10.6 Å². The number of alkyl halides is 3. The zero-order valence-electron chi connectivity index (χ0n) is 16.0. The molecule has 27 heavy (non-hydrogen) atoms. The predicted molar refractivity (Wildman–Crippen MR) is 112 cm³/mol. The summed E-state index contributed by atoms with van der Waals surface area (Å²) in [6.45, 7) is 9.78. The molecule has 0 unspecified atom stereocenters. The molecule has 7 nitrogen and oxygen atoms in total. The molecule has 1 saturated heterocycles. The number of nitrogens with zero attached hydrogens (tertiary/aromatic N) is 3. The standard InChI is InChI=1S/C15H30F3N5O2S.HI/c1-4-19-14(20-9-12-22(5-2)6-3)21-13-7-10-23(11-8-13)26(24,25)15(16,17)18;/h13H,4-12H2,1-3H3,(H2,19,20,21);1H. The molecule has 1 aliphatic rings. The van der Waals surface area contributed by atoms with Crippen molar-refractivity contribution >= 4 is 40.0 Å². The summed E-state index contributed by atoms with van der Waals surface area (Å²) in [5, 5.41) is 6.31. The molecule has 1 aliphatic heterocycles. The molecular weight excluding hydrogens is 498 g/mol. The number of hydrogen-bond donors (Lipinski definition) is 2. The maximum absolute atomic E-state index is 12.6. The van der Waals surface area contributed by atoms with Crippen LogP contribution in [0.25, 0.3) is 0 Å². The highest BCUT2D eigenvalue weighted by Crippen LogP contribution is 2.28. The second kappa shape index (κ2) is 12.3. The van der Waals surface area contributed by atoms with Gasteiger partial charge in [0.25, 0.3) is 0 Å². The van der Waals surface area contributed by atoms with Crippen LogP contribution in [-0.4, -0.2) is 80.9 Å². The third-order valence-electron chi connectivity index (χ3n) is 4.35. The van der Waals surface area contributed by atoms with Gasteiger partial charge < -0.3 is 15.5 Å². The highest BCUT2D eigenvalue weighted by atomic mass is 127. The first-order chi connectivity index (χ1) is 12.2. The van der Waals surface area contributed by atoms with Gasteiger partial charge in [-0.25, -0.2) is 8.42 Å². The van der Waals surface area contributed by atoms with Crippen molar-refractivity contribution in [3.63, 3.8) is 0 Å². The molecule has 0 aliphatic carbocycles. The SMILES string of the molecule is CCNC(=NCCN(CC)CC)NC1CCN(S(=O)(=O)C(F)(F)F)CC1.I. The summed E-state index contributed by atoms with van der Waals surface area (Å²) in [6.07, 6.45) is 0.603. The van der Waals surface area contributed by atoms with E-state index in [1.807, 2.05) is 6.92 Å². The monoisotopic (exact) mass is 529 g/mol. The van der Waals surface area contributed by atoms with E-state index in [0.717, 1.165) is 19.6 Å². The van der Waals surface area contributed by atoms with E-state index in [0.29, 0.717) is 36.2 Å². The zero-order chi connectivity index (χ0) is 19.8. The minimum Gasteiger partial charge on any atom is -0.357 e. The van der Waals surface area contributed by atoms with Crippen molar-refractivity contribution in [2.45, 2.75) is 45.2 Å². The Kier molecular flexibility index (Phi) is 12.1. The van der Waals surface area contributed by atoms with E-state index in [2.05, 4.69) is 34.4 Å². The Hall–Kier alpha value is -0.340. The van der Waals surface area contributed by atoms with Crippen LogP contribution >= 0.6 is 24.0 Å². The number of halogens is 4. The molecule has 2 N–H and O–H groups in total. The van der Waals surface area contributed by atoms with Crippen LogP contribution in [0.4, 0.5) is 13.2 Å². The molecule has 1 rings (SSSR count). The fraction of sp³-hybridized carbons (Fsp3) is 0.933. The average molecular weight is 529 g/mol. The Labute approximate surface area is 177 Å². The first kappa shape index (κ1) is 26.7. The van der Waals surface area contributed by atoms with Crippen LogP contribution in [0.5, 0.6) is 0 Å². The van der Waals surface area contributed by atoms with Crippen molar-refractivity contribution in [1.29, 1.82) is 0 Å². The lowest BCUT2D eigenvalue weighted by atomic mass is 10.1. The Morgan fingerprint density at radius 2 is 1.74 bits per heavy atom. The molecule has 0 bridgehead atoms. The third-order valence-corrected chi connectivity index (χ3v) is 5.98. The molecule has 0 saturated carbocycles. The van der Waals surface area contributed by atoms with Gasteiger partial charge in [0, 0.05) is 32.2 Å². The van der Waals surface area contributed by atoms with Crippen molar-refractivity contribution in [1.82, 2.24) is 19.8 Å². The van der Waals surface area contributed by atoms with Crippen LogP contribution in [0.1, 0.15) is 33.6 Å². The Bertz CT molecular complexity index is 548. The average Bonchev–Trinajstić information content (AvgIpc) is 2.58. The van der Waals surface area contributed by atoms with Crippen molar-refractivity contribution in [3.8, 4) is 0 Å². The largest absolute Gasteiger partial charge is 0.511 e. The Morgan fingerprint density at radius 3 is 2.19 bits per heavy atom. The summed E-state index contributed by atoms with van der Waals surface area (Å²) in [7, 11) is -5.24. The number of sulfonamides is 1. The lowest BCUT2D eigenvalue weighted by molar-refractivity contribution is -0.0494. The smallest absolute Gasteiger partial charge is 0.357 e. The van der Waals surface area contributed by atoms with Gasteiger partial charge in [-0.15, -0.1) is 24.0 Å². The number of piperidine rings is 1. The van der Waals surface area contributed by atoms with Gasteiger partial charge in [0.1, 0.15) is 0 Å². The summed E-state index contributed by atoms with van der Waals surface area (Å²) in [5.41, 5.74) is -5.24. The number of hydrogen-bond acceptors (Lipinski definition) is 4. The van der Waals surface area contributed by atoms with Gasteiger partial charge in [-0.2, -0.15) is 17.5 Å². The highest BCUT2D eigenvalue weighted by molar-refractivity contribution is 14.0. The number of rotatable bonds is 8. The quantitative estimate of drug-likeness (QED) is 0.285. The van der Waals surface area contributed by atoms with Crippen LogP contribution in [0.2, 0.25) is 0 Å². The molecule has 0 aromatic rings. The molecule has 0 aromatic heterocycles. The molecule has 0 atom stereocenters. The second-order valence-electron chi connectivity index (χ2n) is 6.06. The van der Waals surface area contributed by atoms with E-state index >= 15 is 0 Å². The van der Waals surface area contributed by atoms with Gasteiger partial charge in [-0.1, -0.05) is 13.8 Å². The summed E-state index contributed by atoms with van der Waals surface area (Å²) >= 11 is 0. The van der Waals surface area contributed by atoms with Gasteiger partial charge in [0.2, 0.25) is 0 Å². The fourth-order valence-electron chi connectivity index (χ4n) is 2.74. The zero-order valence-corrected chi connectivity index (χ0v) is 19.2. The molecule has 1 fully saturated rings. The van der Waals surface area contributed by atoms with E-state index in [-0.39, 0.29) is 43.1 Å². The third kappa shape index (κ3) is 8.28. The number of likely N-dealkylation sites (N-methyl/N-ethyl adjacent to an activating group) is 1. The molecular formula is C15H31F3IN5O2S. The van der Waals surface area contributed by atoms with E-state index in [1.165, 1.54) is 0 Å². The Balaban J connectivity index is 0.00000676. The summed E-state index contributed by atoms with van der Waals surface area (Å²) in [5.74, 6) is 0.608. The van der Waals surface area contributed by atoms with Crippen molar-refractivity contribution in [2.24, 2.45) is 4.99 Å². The molecule has 0 radical (unpaired) electrons. The summed E-state index contributed by atoms with van der Waals surface area (Å²) < 4.78 is 61.2. The first-order valence-corrected chi connectivity index (χ1v) is 10.4. The second-order valence-corrected chi connectivity index (χ2v) is 7.99. The fourth-order valence-corrected chi connectivity index (χ4v) is 3.73. The minimum atomic E-state index is -5.24. The Morgan fingerprint density at radius 1 is 1.19 bits per heavy atom. The van der Waals surface area contributed by atoms with Gasteiger partial charge in [-0.05, 0) is 32.9 Å². The van der Waals surface area contributed by atoms with Crippen molar-refractivity contribution in [2.75, 3.05) is 45.8 Å². The van der Waals surface area contributed by atoms with E-state index in [4.69, 9.17) is 0 Å². The molecule has 0 aromatic carbocycles. The molecule has 162 valence electrons. The predicted octanol–water partition coefficient (Wildman–Crippen LogP) is 1.82. The normalized spacial score (nSPS) is 17.7. The van der Waals surface area contributed by atoms with Crippen molar-refractivity contribution in [3.05, 3.63) is 0 Å². The lowest BCUT2D eigenvalue weighted by Crippen LogP contribution is -2.51. The summed E-state index contributed by atoms with van der Waals surface area (Å²) in [6, 6.07) is -0.110. The van der Waals surface area contributed by atoms with Gasteiger partial charge >= 0.3 is 15.5 Å². The van der Waals surface area contributed by atoms with Gasteiger partial charge in [-0.3, -0.25) is 4.99 Å². The number of guanidine groups is 1. The van der Waals surface area contributed by atoms with Gasteiger partial charge in [0.15, 0.2) is 5.96 Å². The molecule has 12 heteroatoms. The first-order valence-electron chi connectivity index (χ1n) is 8.99. The maximum Gasteiger partial charge on any atom is 0.511 e. The van der Waals surface area contributed by atoms with Crippen LogP contribution in [0.3, 0.4) is 0 Å². The van der Waals surface area contributed by atoms with Crippen LogP contribution in [-0.2, 0) is 10.0 Å². The minimum absolute atomic E-state index is 0. The topological polar surface area (TPSA) is 77.0 Å². The summed E-state index contributed by atoms with van der Waals surface area (Å²) in [4.78, 5) is 6.73. The van der Waals surface area contributed by atoms with E-state index in [9.17, 15) is 21.6 Å². The van der Waals surface area contributed by atoms with Gasteiger partial charge in [0.05, 0.1) is 6.54 Å². The molecule has 0 amide bonds. The van der Waals surface area contributed by atoms with Crippen LogP contribution in [0, 0.1) is 0 Å². The van der Waals surface area contributed by atoms with E-state index < -0.39 is 15.5 Å². The number of nitrogens with one attached hydrogen (secondary N) is 2. The molecule has 0 spiro atoms.